The van der Waals surface area contributed by atoms with Gasteiger partial charge >= 0.3 is 6.18 Å². The number of anilines is 5. The minimum Gasteiger partial charge on any atom is -0.381 e. The number of carbonyl (C=O) groups excluding carboxylic acids is 2. The van der Waals surface area contributed by atoms with Crippen LogP contribution in [0.15, 0.2) is 91.6 Å². The van der Waals surface area contributed by atoms with Crippen LogP contribution < -0.4 is 21.3 Å². The topological polar surface area (TPSA) is 111 Å². The molecule has 0 aliphatic carbocycles. The van der Waals surface area contributed by atoms with E-state index in [4.69, 9.17) is 0 Å². The van der Waals surface area contributed by atoms with Crippen LogP contribution in [0.25, 0.3) is 0 Å². The Bertz CT molecular complexity index is 1710. The molecule has 46 heavy (non-hydrogen) atoms. The lowest BCUT2D eigenvalue weighted by molar-refractivity contribution is -0.137. The molecule has 1 fully saturated rings. The number of benzene rings is 3. The van der Waals surface area contributed by atoms with Crippen molar-refractivity contribution < 1.29 is 22.8 Å². The van der Waals surface area contributed by atoms with Gasteiger partial charge in [0.05, 0.1) is 11.3 Å². The molecular formula is C34H34F3N7O2. The van der Waals surface area contributed by atoms with Crippen molar-refractivity contribution >= 4 is 40.6 Å². The Morgan fingerprint density at radius 1 is 1.02 bits per heavy atom. The number of alkyl halides is 3. The Morgan fingerprint density at radius 2 is 1.80 bits per heavy atom. The normalized spacial score (nSPS) is 14.7. The van der Waals surface area contributed by atoms with Gasteiger partial charge in [-0.15, -0.1) is 0 Å². The van der Waals surface area contributed by atoms with E-state index >= 15 is 0 Å². The van der Waals surface area contributed by atoms with Crippen LogP contribution in [0.3, 0.4) is 0 Å². The predicted molar refractivity (Wildman–Crippen MR) is 172 cm³/mol. The number of carbonyl (C=O) groups is 2. The average molecular weight is 630 g/mol. The smallest absolute Gasteiger partial charge is 0.381 e. The summed E-state index contributed by atoms with van der Waals surface area (Å²) < 4.78 is 41.4. The number of nitrogens with one attached hydrogen (secondary N) is 4. The van der Waals surface area contributed by atoms with Crippen LogP contribution in [0, 0.1) is 0 Å². The number of piperidine rings is 1. The van der Waals surface area contributed by atoms with E-state index in [2.05, 4.69) is 49.9 Å². The van der Waals surface area contributed by atoms with E-state index in [-0.39, 0.29) is 29.0 Å². The molecule has 9 nitrogen and oxygen atoms in total. The van der Waals surface area contributed by atoms with E-state index in [9.17, 15) is 22.8 Å². The van der Waals surface area contributed by atoms with Crippen molar-refractivity contribution in [3.63, 3.8) is 0 Å². The number of para-hydroxylation sites is 1. The molecule has 3 aromatic carbocycles. The molecule has 2 amide bonds. The first kappa shape index (κ1) is 32.0. The zero-order valence-electron chi connectivity index (χ0n) is 25.2. The van der Waals surface area contributed by atoms with Crippen LogP contribution in [0.4, 0.5) is 42.0 Å². The third-order valence-corrected chi connectivity index (χ3v) is 7.72. The van der Waals surface area contributed by atoms with Gasteiger partial charge in [0, 0.05) is 50.2 Å². The van der Waals surface area contributed by atoms with Gasteiger partial charge in [0.1, 0.15) is 11.4 Å². The molecule has 4 N–H and O–H groups in total. The lowest BCUT2D eigenvalue weighted by Gasteiger charge is -2.32. The summed E-state index contributed by atoms with van der Waals surface area (Å²) in [5.74, 6) is -0.769. The largest absolute Gasteiger partial charge is 0.421 e. The summed E-state index contributed by atoms with van der Waals surface area (Å²) >= 11 is 0. The molecule has 0 saturated carbocycles. The molecule has 0 radical (unpaired) electrons. The van der Waals surface area contributed by atoms with Gasteiger partial charge in [0.15, 0.2) is 0 Å². The molecule has 12 heteroatoms. The van der Waals surface area contributed by atoms with Crippen molar-refractivity contribution in [2.45, 2.75) is 31.5 Å². The summed E-state index contributed by atoms with van der Waals surface area (Å²) in [5.41, 5.74) is 2.97. The lowest BCUT2D eigenvalue weighted by Crippen LogP contribution is -2.38. The highest BCUT2D eigenvalue weighted by Gasteiger charge is 2.35. The number of hydrogen-bond acceptors (Lipinski definition) is 7. The third-order valence-electron chi connectivity index (χ3n) is 7.72. The maximum Gasteiger partial charge on any atom is 0.421 e. The fraction of sp³-hybridized carbons (Fsp3) is 0.235. The molecule has 238 valence electrons. The van der Waals surface area contributed by atoms with Crippen molar-refractivity contribution in [3.05, 3.63) is 114 Å². The van der Waals surface area contributed by atoms with Gasteiger partial charge in [-0.2, -0.15) is 18.2 Å². The van der Waals surface area contributed by atoms with Crippen LogP contribution in [0.5, 0.6) is 0 Å². The molecule has 0 bridgehead atoms. The number of halogens is 3. The Labute approximate surface area is 265 Å². The van der Waals surface area contributed by atoms with Crippen molar-refractivity contribution in [2.75, 3.05) is 36.1 Å². The van der Waals surface area contributed by atoms with Crippen molar-refractivity contribution in [1.29, 1.82) is 0 Å². The van der Waals surface area contributed by atoms with Gasteiger partial charge in [-0.3, -0.25) is 9.59 Å². The minimum absolute atomic E-state index is 0.0393. The molecule has 0 spiro atoms. The lowest BCUT2D eigenvalue weighted by atomic mass is 9.90. The van der Waals surface area contributed by atoms with Crippen LogP contribution in [-0.2, 0) is 17.5 Å². The zero-order valence-corrected chi connectivity index (χ0v) is 25.2. The summed E-state index contributed by atoms with van der Waals surface area (Å²) in [7, 11) is 1.44. The number of aromatic nitrogens is 2. The van der Waals surface area contributed by atoms with Crippen LogP contribution in [-0.4, -0.2) is 46.8 Å². The number of nitrogens with zero attached hydrogens (tertiary/aromatic N) is 3. The van der Waals surface area contributed by atoms with E-state index in [0.717, 1.165) is 30.6 Å². The van der Waals surface area contributed by atoms with Crippen LogP contribution in [0.1, 0.15) is 45.8 Å². The molecule has 5 rings (SSSR count). The zero-order chi connectivity index (χ0) is 32.7. The van der Waals surface area contributed by atoms with Crippen molar-refractivity contribution in [1.82, 2.24) is 20.2 Å². The molecule has 4 aromatic rings. The first-order valence-corrected chi connectivity index (χ1v) is 14.8. The summed E-state index contributed by atoms with van der Waals surface area (Å²) in [5, 5.41) is 11.5. The molecule has 0 unspecified atom stereocenters. The maximum atomic E-state index is 13.8. The minimum atomic E-state index is -4.72. The number of hydrogen-bond donors (Lipinski definition) is 4. The highest BCUT2D eigenvalue weighted by molar-refractivity contribution is 6.00. The molecule has 1 atom stereocenters. The fourth-order valence-corrected chi connectivity index (χ4v) is 5.32. The summed E-state index contributed by atoms with van der Waals surface area (Å²) in [4.78, 5) is 34.2. The molecule has 2 heterocycles. The Morgan fingerprint density at radius 3 is 2.54 bits per heavy atom. The van der Waals surface area contributed by atoms with Gasteiger partial charge < -0.3 is 26.2 Å². The van der Waals surface area contributed by atoms with E-state index in [1.807, 2.05) is 29.2 Å². The van der Waals surface area contributed by atoms with Crippen molar-refractivity contribution in [2.24, 2.45) is 0 Å². The number of likely N-dealkylation sites (tertiary alicyclic amines) is 1. The molecule has 1 aliphatic heterocycles. The summed E-state index contributed by atoms with van der Waals surface area (Å²) in [6, 6.07) is 21.8. The molecule has 1 aliphatic rings. The fourth-order valence-electron chi connectivity index (χ4n) is 5.32. The van der Waals surface area contributed by atoms with Crippen LogP contribution >= 0.6 is 0 Å². The second-order valence-electron chi connectivity index (χ2n) is 10.8. The molecule has 1 aromatic heterocycles. The monoisotopic (exact) mass is 629 g/mol. The van der Waals surface area contributed by atoms with Crippen LogP contribution in [0.2, 0.25) is 0 Å². The second kappa shape index (κ2) is 14.1. The first-order valence-electron chi connectivity index (χ1n) is 14.8. The van der Waals surface area contributed by atoms with Gasteiger partial charge in [-0.25, -0.2) is 4.98 Å². The molecule has 1 saturated heterocycles. The maximum absolute atomic E-state index is 13.8. The van der Waals surface area contributed by atoms with E-state index < -0.39 is 23.5 Å². The van der Waals surface area contributed by atoms with Gasteiger partial charge in [0.25, 0.3) is 5.91 Å². The van der Waals surface area contributed by atoms with Gasteiger partial charge in [0.2, 0.25) is 11.9 Å². The quantitative estimate of drug-likeness (QED) is 0.142. The SMILES string of the molecule is C=CC(=O)N1CCC[C@H](c2cccc(NCc3ccc(Nc4ncc(C(F)(F)F)c(Nc5ccccc5C(=O)NC)n4)cc3)c2)C1. The Hall–Kier alpha value is -5.39. The number of amides is 2. The van der Waals surface area contributed by atoms with Gasteiger partial charge in [-0.05, 0) is 66.4 Å². The van der Waals surface area contributed by atoms with Crippen molar-refractivity contribution in [3.8, 4) is 0 Å². The predicted octanol–water partition coefficient (Wildman–Crippen LogP) is 6.85. The van der Waals surface area contributed by atoms with Gasteiger partial charge in [-0.1, -0.05) is 43.0 Å². The van der Waals surface area contributed by atoms with E-state index in [0.29, 0.717) is 25.0 Å². The number of rotatable bonds is 10. The Balaban J connectivity index is 1.25. The molecular weight excluding hydrogens is 595 g/mol. The third kappa shape index (κ3) is 7.81. The standard InChI is InChI=1S/C34H34F3N7O2/c1-3-30(45)44-17-7-9-24(21-44)23-8-6-10-26(18-23)39-19-22-13-15-25(16-14-22)41-33-40-20-28(34(35,36)37)31(43-33)42-29-12-5-4-11-27(29)32(46)38-2/h3-6,8,10-16,18,20,24,39H,1,7,9,17,19,21H2,2H3,(H,38,46)(H2,40,41,42,43)/t24-/m0/s1. The van der Waals surface area contributed by atoms with E-state index in [1.165, 1.54) is 30.8 Å². The average Bonchev–Trinajstić information content (AvgIpc) is 3.07. The highest BCUT2D eigenvalue weighted by atomic mass is 19.4. The summed E-state index contributed by atoms with van der Waals surface area (Å²) in [6.07, 6.45) is -0.693. The van der Waals surface area contributed by atoms with E-state index in [1.54, 1.807) is 24.3 Å². The first-order chi connectivity index (χ1) is 22.1. The Kier molecular flexibility index (Phi) is 9.85. The second-order valence-corrected chi connectivity index (χ2v) is 10.8. The highest BCUT2D eigenvalue weighted by Crippen LogP contribution is 2.36. The summed E-state index contributed by atoms with van der Waals surface area (Å²) in [6.45, 7) is 5.57.